The van der Waals surface area contributed by atoms with Gasteiger partial charge >= 0.3 is 5.97 Å². The van der Waals surface area contributed by atoms with Crippen molar-refractivity contribution < 1.29 is 57.3 Å². The molecule has 0 saturated carbocycles. The van der Waals surface area contributed by atoms with Crippen LogP contribution in [0.4, 0.5) is 0 Å². The second kappa shape index (κ2) is 25.7. The van der Waals surface area contributed by atoms with Crippen LogP contribution in [0, 0.1) is 0 Å². The third kappa shape index (κ3) is 14.2. The lowest BCUT2D eigenvalue weighted by atomic mass is 9.97. The van der Waals surface area contributed by atoms with E-state index in [0.717, 1.165) is 33.4 Å². The van der Waals surface area contributed by atoms with Gasteiger partial charge in [0.25, 0.3) is 0 Å². The van der Waals surface area contributed by atoms with Crippen LogP contribution in [0.2, 0.25) is 0 Å². The highest BCUT2D eigenvalue weighted by Crippen LogP contribution is 2.35. The molecule has 0 bridgehead atoms. The van der Waals surface area contributed by atoms with Gasteiger partial charge in [-0.3, -0.25) is 4.79 Å². The summed E-state index contributed by atoms with van der Waals surface area (Å²) in [6.45, 7) is 2.40. The minimum Gasteiger partial charge on any atom is -0.454 e. The fourth-order valence-electron chi connectivity index (χ4n) is 8.33. The van der Waals surface area contributed by atoms with E-state index < -0.39 is 67.4 Å². The van der Waals surface area contributed by atoms with E-state index in [0.29, 0.717) is 0 Å². The highest BCUT2D eigenvalue weighted by Gasteiger charge is 2.53. The van der Waals surface area contributed by atoms with E-state index >= 15 is 0 Å². The van der Waals surface area contributed by atoms with E-state index in [1.807, 2.05) is 182 Å². The van der Waals surface area contributed by atoms with E-state index in [1.54, 1.807) is 0 Å². The SMILES string of the molecule is CC(=O)O[C@@H]1[C@@H](O[C@H]2[C@H](OCc3ccccc3)[C@@H](OCc3ccccc3)[C@@H](O)O[C@@H]2COCc2ccccc2)OC[C@@H](OCc2ccccc2)[C@H](OCc2ccccc2)[C@H]1OCc1ccccc1. The third-order valence-corrected chi connectivity index (χ3v) is 11.8. The average Bonchev–Trinajstić information content (AvgIpc) is 3.51. The molecule has 0 amide bonds. The standard InChI is InChI=1S/C56H60O12/c1-40(57)66-54-51(62-35-44-26-14-5-15-27-44)49(61-34-43-24-12-4-13-25-43)47(60-33-42-22-10-3-11-23-42)39-65-56(54)68-50-48(38-59-32-41-20-8-2-9-21-41)67-55(58)53(64-37-46-30-18-7-19-31-46)52(50)63-36-45-28-16-6-17-29-45/h2-31,47-56,58H,32-39H2,1H3/t47-,48-,49+,50-,51-,52+,53-,54+,55+,56-/m1/s1. The highest BCUT2D eigenvalue weighted by atomic mass is 16.7. The van der Waals surface area contributed by atoms with Crippen molar-refractivity contribution in [2.45, 2.75) is 108 Å². The van der Waals surface area contributed by atoms with Crippen LogP contribution in [0.3, 0.4) is 0 Å². The molecule has 2 saturated heterocycles. The first-order valence-corrected chi connectivity index (χ1v) is 23.1. The van der Waals surface area contributed by atoms with Crippen LogP contribution in [0.5, 0.6) is 0 Å². The highest BCUT2D eigenvalue weighted by molar-refractivity contribution is 5.66. The van der Waals surface area contributed by atoms with Gasteiger partial charge in [0, 0.05) is 6.92 Å². The normalized spacial score (nSPS) is 25.0. The summed E-state index contributed by atoms with van der Waals surface area (Å²) in [5.74, 6) is -0.593. The second-order valence-electron chi connectivity index (χ2n) is 16.8. The molecule has 1 N–H and O–H groups in total. The van der Waals surface area contributed by atoms with Crippen molar-refractivity contribution in [3.63, 3.8) is 0 Å². The fourth-order valence-corrected chi connectivity index (χ4v) is 8.33. The number of rotatable bonds is 22. The van der Waals surface area contributed by atoms with Gasteiger partial charge in [-0.2, -0.15) is 0 Å². The first-order valence-electron chi connectivity index (χ1n) is 23.1. The molecule has 0 radical (unpaired) electrons. The molecule has 10 atom stereocenters. The first-order chi connectivity index (χ1) is 33.5. The van der Waals surface area contributed by atoms with Crippen LogP contribution in [0.15, 0.2) is 182 Å². The van der Waals surface area contributed by atoms with Gasteiger partial charge in [-0.1, -0.05) is 182 Å². The number of aliphatic hydroxyl groups is 1. The van der Waals surface area contributed by atoms with Crippen molar-refractivity contribution in [1.82, 2.24) is 0 Å². The molecule has 356 valence electrons. The predicted octanol–water partition coefficient (Wildman–Crippen LogP) is 8.52. The van der Waals surface area contributed by atoms with E-state index in [9.17, 15) is 9.90 Å². The Bertz CT molecular complexity index is 2330. The zero-order valence-electron chi connectivity index (χ0n) is 38.2. The molecular weight excluding hydrogens is 865 g/mol. The molecular formula is C56H60O12. The van der Waals surface area contributed by atoms with Crippen LogP contribution in [-0.2, 0) is 91.8 Å². The molecule has 2 fully saturated rings. The minimum atomic E-state index is -1.45. The van der Waals surface area contributed by atoms with Gasteiger partial charge in [0.15, 0.2) is 18.7 Å². The number of aliphatic hydroxyl groups excluding tert-OH is 1. The van der Waals surface area contributed by atoms with Crippen LogP contribution in [-0.4, -0.2) is 85.7 Å². The molecule has 68 heavy (non-hydrogen) atoms. The molecule has 2 aliphatic rings. The zero-order valence-corrected chi connectivity index (χ0v) is 38.2. The number of benzene rings is 6. The second-order valence-corrected chi connectivity index (χ2v) is 16.8. The lowest BCUT2D eigenvalue weighted by Gasteiger charge is -2.46. The summed E-state index contributed by atoms with van der Waals surface area (Å²) < 4.78 is 66.6. The Kier molecular flexibility index (Phi) is 18.4. The van der Waals surface area contributed by atoms with Crippen molar-refractivity contribution in [2.75, 3.05) is 13.2 Å². The predicted molar refractivity (Wildman–Crippen MR) is 252 cm³/mol. The molecule has 0 spiro atoms. The molecule has 6 aromatic rings. The van der Waals surface area contributed by atoms with Crippen molar-refractivity contribution in [3.8, 4) is 0 Å². The van der Waals surface area contributed by atoms with Gasteiger partial charge in [-0.15, -0.1) is 0 Å². The van der Waals surface area contributed by atoms with Gasteiger partial charge in [0.1, 0.15) is 42.7 Å². The number of carbonyl (C=O) groups is 1. The molecule has 6 aromatic carbocycles. The molecule has 12 heteroatoms. The zero-order chi connectivity index (χ0) is 46.8. The summed E-state index contributed by atoms with van der Waals surface area (Å²) in [5, 5.41) is 11.8. The van der Waals surface area contributed by atoms with Gasteiger partial charge in [-0.25, -0.2) is 0 Å². The first kappa shape index (κ1) is 48.8. The maximum Gasteiger partial charge on any atom is 0.303 e. The van der Waals surface area contributed by atoms with Gasteiger partial charge < -0.3 is 52.5 Å². The summed E-state index contributed by atoms with van der Waals surface area (Å²) in [5.41, 5.74) is 5.48. The maximum absolute atomic E-state index is 13.4. The summed E-state index contributed by atoms with van der Waals surface area (Å²) in [6, 6.07) is 58.4. The van der Waals surface area contributed by atoms with E-state index in [-0.39, 0.29) is 52.9 Å². The smallest absolute Gasteiger partial charge is 0.303 e. The van der Waals surface area contributed by atoms with Gasteiger partial charge in [-0.05, 0) is 33.4 Å². The van der Waals surface area contributed by atoms with Gasteiger partial charge in [0.2, 0.25) is 0 Å². The molecule has 0 aromatic heterocycles. The lowest BCUT2D eigenvalue weighted by Crippen LogP contribution is -2.63. The Morgan fingerprint density at radius 2 is 0.838 bits per heavy atom. The van der Waals surface area contributed by atoms with Gasteiger partial charge in [0.05, 0.1) is 52.9 Å². The molecule has 0 unspecified atom stereocenters. The quantitative estimate of drug-likeness (QED) is 0.0656. The minimum absolute atomic E-state index is 0.0161. The van der Waals surface area contributed by atoms with E-state index in [4.69, 9.17) is 47.4 Å². The molecule has 2 heterocycles. The van der Waals surface area contributed by atoms with E-state index in [1.165, 1.54) is 6.92 Å². The van der Waals surface area contributed by atoms with E-state index in [2.05, 4.69) is 0 Å². The lowest BCUT2D eigenvalue weighted by molar-refractivity contribution is -0.344. The fraction of sp³-hybridized carbons (Fsp3) is 0.339. The van der Waals surface area contributed by atoms with Crippen LogP contribution >= 0.6 is 0 Å². The summed E-state index contributed by atoms with van der Waals surface area (Å²) in [6.07, 6.45) is -10.6. The Morgan fingerprint density at radius 1 is 0.471 bits per heavy atom. The van der Waals surface area contributed by atoms with Crippen molar-refractivity contribution in [2.24, 2.45) is 0 Å². The molecule has 8 rings (SSSR count). The van der Waals surface area contributed by atoms with Crippen LogP contribution < -0.4 is 0 Å². The van der Waals surface area contributed by atoms with Crippen molar-refractivity contribution in [1.29, 1.82) is 0 Å². The Hall–Kier alpha value is -5.61. The topological polar surface area (TPSA) is 130 Å². The third-order valence-electron chi connectivity index (χ3n) is 11.8. The maximum atomic E-state index is 13.4. The Labute approximate surface area is 398 Å². The number of hydrogen-bond donors (Lipinski definition) is 1. The Morgan fingerprint density at radius 3 is 1.26 bits per heavy atom. The van der Waals surface area contributed by atoms with Crippen LogP contribution in [0.25, 0.3) is 0 Å². The Balaban J connectivity index is 1.17. The van der Waals surface area contributed by atoms with Crippen molar-refractivity contribution >= 4 is 5.97 Å². The molecule has 12 nitrogen and oxygen atoms in total. The average molecular weight is 925 g/mol. The van der Waals surface area contributed by atoms with Crippen LogP contribution in [0.1, 0.15) is 40.3 Å². The summed E-state index contributed by atoms with van der Waals surface area (Å²) >= 11 is 0. The monoisotopic (exact) mass is 924 g/mol. The summed E-state index contributed by atoms with van der Waals surface area (Å²) in [4.78, 5) is 13.4. The number of ether oxygens (including phenoxy) is 10. The summed E-state index contributed by atoms with van der Waals surface area (Å²) in [7, 11) is 0. The number of carbonyl (C=O) groups excluding carboxylic acids is 1. The van der Waals surface area contributed by atoms with Crippen molar-refractivity contribution in [3.05, 3.63) is 215 Å². The number of esters is 1. The molecule has 2 aliphatic heterocycles. The largest absolute Gasteiger partial charge is 0.454 e. The molecule has 0 aliphatic carbocycles. The number of hydrogen-bond acceptors (Lipinski definition) is 12.